The first-order valence-corrected chi connectivity index (χ1v) is 5.45. The van der Waals surface area contributed by atoms with Gasteiger partial charge >= 0.3 is 0 Å². The summed E-state index contributed by atoms with van der Waals surface area (Å²) in [7, 11) is 2.05. The number of allylic oxidation sites excluding steroid dienone is 1. The summed E-state index contributed by atoms with van der Waals surface area (Å²) in [6.45, 7) is 4.16. The molecule has 0 aliphatic carbocycles. The molecule has 1 aliphatic rings. The highest BCUT2D eigenvalue weighted by Crippen LogP contribution is 2.34. The van der Waals surface area contributed by atoms with Gasteiger partial charge in [0.05, 0.1) is 16.8 Å². The van der Waals surface area contributed by atoms with Gasteiger partial charge in [-0.15, -0.1) is 0 Å². The number of anilines is 1. The van der Waals surface area contributed by atoms with Crippen LogP contribution >= 0.6 is 11.6 Å². The van der Waals surface area contributed by atoms with Crippen LogP contribution in [-0.2, 0) is 0 Å². The van der Waals surface area contributed by atoms with Crippen LogP contribution in [0.15, 0.2) is 41.1 Å². The van der Waals surface area contributed by atoms with E-state index < -0.39 is 0 Å². The summed E-state index contributed by atoms with van der Waals surface area (Å²) >= 11 is 6.25. The van der Waals surface area contributed by atoms with Crippen molar-refractivity contribution in [1.29, 1.82) is 0 Å². The molecule has 15 heavy (non-hydrogen) atoms. The fraction of sp³-hybridized carbons (Fsp3) is 0.333. The summed E-state index contributed by atoms with van der Waals surface area (Å²) in [6.07, 6.45) is 0. The number of halogens is 1. The average Bonchev–Trinajstić information content (AvgIpc) is 2.45. The lowest BCUT2D eigenvalue weighted by atomic mass is 10.3. The third kappa shape index (κ3) is 1.64. The van der Waals surface area contributed by atoms with Gasteiger partial charge < -0.3 is 0 Å². The van der Waals surface area contributed by atoms with Gasteiger partial charge in [-0.1, -0.05) is 29.8 Å². The van der Waals surface area contributed by atoms with Crippen LogP contribution in [0, 0.1) is 0 Å². The van der Waals surface area contributed by atoms with Crippen LogP contribution in [0.25, 0.3) is 0 Å². The second-order valence-electron chi connectivity index (χ2n) is 3.83. The summed E-state index contributed by atoms with van der Waals surface area (Å²) in [6, 6.07) is 10.5. The minimum Gasteiger partial charge on any atom is -0.277 e. The number of rotatable bonds is 1. The third-order valence-corrected chi connectivity index (χ3v) is 3.50. The zero-order valence-electron chi connectivity index (χ0n) is 9.24. The molecule has 1 aromatic rings. The van der Waals surface area contributed by atoms with E-state index in [4.69, 9.17) is 11.6 Å². The van der Waals surface area contributed by atoms with E-state index in [0.29, 0.717) is 0 Å². The van der Waals surface area contributed by atoms with E-state index in [0.717, 1.165) is 16.4 Å². The van der Waals surface area contributed by atoms with E-state index >= 15 is 0 Å². The Kier molecular flexibility index (Phi) is 2.72. The molecular weight excluding hydrogens is 208 g/mol. The first kappa shape index (κ1) is 10.5. The molecule has 0 saturated carbocycles. The van der Waals surface area contributed by atoms with Crippen LogP contribution in [-0.4, -0.2) is 18.1 Å². The van der Waals surface area contributed by atoms with E-state index in [1.54, 1.807) is 0 Å². The van der Waals surface area contributed by atoms with Crippen molar-refractivity contribution in [2.24, 2.45) is 0 Å². The quantitative estimate of drug-likeness (QED) is 0.720. The van der Waals surface area contributed by atoms with E-state index in [9.17, 15) is 0 Å². The molecule has 0 radical (unpaired) electrons. The molecule has 0 aromatic heterocycles. The maximum Gasteiger partial charge on any atom is 0.0640 e. The number of hydrogen-bond acceptors (Lipinski definition) is 2. The molecule has 1 unspecified atom stereocenters. The molecule has 1 aliphatic heterocycles. The number of hydrazine groups is 1. The summed E-state index contributed by atoms with van der Waals surface area (Å²) in [5, 5.41) is 5.21. The van der Waals surface area contributed by atoms with Crippen LogP contribution in [0.4, 0.5) is 5.69 Å². The molecule has 0 N–H and O–H groups in total. The maximum atomic E-state index is 6.25. The van der Waals surface area contributed by atoms with Gasteiger partial charge in [0.2, 0.25) is 0 Å². The molecule has 1 aromatic carbocycles. The van der Waals surface area contributed by atoms with Gasteiger partial charge in [-0.2, -0.15) is 0 Å². The van der Waals surface area contributed by atoms with Crippen molar-refractivity contribution in [3.05, 3.63) is 41.1 Å². The Bertz CT molecular complexity index is 386. The highest BCUT2D eigenvalue weighted by atomic mass is 35.5. The van der Waals surface area contributed by atoms with Crippen LogP contribution in [0.5, 0.6) is 0 Å². The zero-order chi connectivity index (χ0) is 11.0. The van der Waals surface area contributed by atoms with Crippen molar-refractivity contribution in [2.45, 2.75) is 19.9 Å². The van der Waals surface area contributed by atoms with Gasteiger partial charge in [0.15, 0.2) is 0 Å². The Balaban J connectivity index is 2.40. The van der Waals surface area contributed by atoms with Gasteiger partial charge in [0.25, 0.3) is 0 Å². The average molecular weight is 223 g/mol. The van der Waals surface area contributed by atoms with Crippen LogP contribution in [0.2, 0.25) is 0 Å². The fourth-order valence-corrected chi connectivity index (χ4v) is 2.14. The molecule has 2 nitrogen and oxygen atoms in total. The van der Waals surface area contributed by atoms with Gasteiger partial charge in [-0.25, -0.2) is 5.01 Å². The highest BCUT2D eigenvalue weighted by Gasteiger charge is 2.30. The van der Waals surface area contributed by atoms with E-state index in [1.807, 2.05) is 18.2 Å². The zero-order valence-corrected chi connectivity index (χ0v) is 9.99. The topological polar surface area (TPSA) is 6.48 Å². The monoisotopic (exact) mass is 222 g/mol. The lowest BCUT2D eigenvalue weighted by Gasteiger charge is -2.30. The summed E-state index contributed by atoms with van der Waals surface area (Å²) in [4.78, 5) is 0. The first-order chi connectivity index (χ1) is 7.13. The SMILES string of the molecule is CC1=C(Cl)C(C)N(C)N1c1ccccc1. The molecule has 0 bridgehead atoms. The Hall–Kier alpha value is -0.990. The molecule has 0 amide bonds. The minimum absolute atomic E-state index is 0.256. The number of hydrogen-bond donors (Lipinski definition) is 0. The summed E-state index contributed by atoms with van der Waals surface area (Å²) in [5.41, 5.74) is 2.26. The van der Waals surface area contributed by atoms with E-state index in [-0.39, 0.29) is 6.04 Å². The molecule has 0 spiro atoms. The predicted octanol–water partition coefficient (Wildman–Crippen LogP) is 3.21. The number of nitrogens with zero attached hydrogens (tertiary/aromatic N) is 2. The smallest absolute Gasteiger partial charge is 0.0640 e. The minimum atomic E-state index is 0.256. The number of likely N-dealkylation sites (N-methyl/N-ethyl adjacent to an activating group) is 1. The Morgan fingerprint density at radius 2 is 1.80 bits per heavy atom. The molecular formula is C12H15ClN2. The lowest BCUT2D eigenvalue weighted by molar-refractivity contribution is 0.315. The molecule has 1 atom stereocenters. The van der Waals surface area contributed by atoms with Crippen LogP contribution in [0.1, 0.15) is 13.8 Å². The standard InChI is InChI=1S/C12H15ClN2/c1-9-12(13)10(2)15(14(9)3)11-7-5-4-6-8-11/h4-9H,1-3H3. The summed E-state index contributed by atoms with van der Waals surface area (Å²) in [5.74, 6) is 0. The Labute approximate surface area is 95.7 Å². The second-order valence-corrected chi connectivity index (χ2v) is 4.24. The van der Waals surface area contributed by atoms with Crippen LogP contribution in [0.3, 0.4) is 0 Å². The molecule has 3 heteroatoms. The Morgan fingerprint density at radius 1 is 1.20 bits per heavy atom. The van der Waals surface area contributed by atoms with Gasteiger partial charge in [0.1, 0.15) is 0 Å². The summed E-state index contributed by atoms with van der Waals surface area (Å²) < 4.78 is 0. The van der Waals surface area contributed by atoms with Crippen molar-refractivity contribution in [1.82, 2.24) is 5.01 Å². The van der Waals surface area contributed by atoms with Crippen LogP contribution < -0.4 is 5.01 Å². The fourth-order valence-electron chi connectivity index (χ4n) is 1.92. The molecule has 1 heterocycles. The van der Waals surface area contributed by atoms with Gasteiger partial charge in [-0.3, -0.25) is 5.01 Å². The molecule has 0 saturated heterocycles. The second kappa shape index (κ2) is 3.87. The predicted molar refractivity (Wildman–Crippen MR) is 64.7 cm³/mol. The first-order valence-electron chi connectivity index (χ1n) is 5.07. The largest absolute Gasteiger partial charge is 0.277 e. The molecule has 0 fully saturated rings. The van der Waals surface area contributed by atoms with Gasteiger partial charge in [0, 0.05) is 12.7 Å². The third-order valence-electron chi connectivity index (χ3n) is 2.91. The van der Waals surface area contributed by atoms with Crippen molar-refractivity contribution < 1.29 is 0 Å². The van der Waals surface area contributed by atoms with E-state index in [1.165, 1.54) is 0 Å². The normalized spacial score (nSPS) is 22.7. The van der Waals surface area contributed by atoms with E-state index in [2.05, 4.69) is 43.0 Å². The number of para-hydroxylation sites is 1. The van der Waals surface area contributed by atoms with Crippen molar-refractivity contribution >= 4 is 17.3 Å². The van der Waals surface area contributed by atoms with Crippen molar-refractivity contribution in [3.8, 4) is 0 Å². The number of benzene rings is 1. The van der Waals surface area contributed by atoms with Gasteiger partial charge in [-0.05, 0) is 26.0 Å². The lowest BCUT2D eigenvalue weighted by Crippen LogP contribution is -2.37. The Morgan fingerprint density at radius 3 is 2.27 bits per heavy atom. The van der Waals surface area contributed by atoms with Crippen molar-refractivity contribution in [3.63, 3.8) is 0 Å². The molecule has 2 rings (SSSR count). The highest BCUT2D eigenvalue weighted by molar-refractivity contribution is 6.31. The van der Waals surface area contributed by atoms with Crippen molar-refractivity contribution in [2.75, 3.05) is 12.1 Å². The molecule has 80 valence electrons. The maximum absolute atomic E-state index is 6.25.